The van der Waals surface area contributed by atoms with Gasteiger partial charge in [0.15, 0.2) is 5.58 Å². The lowest BCUT2D eigenvalue weighted by atomic mass is 10.2. The van der Waals surface area contributed by atoms with Crippen LogP contribution in [0.3, 0.4) is 0 Å². The van der Waals surface area contributed by atoms with Crippen LogP contribution in [0.15, 0.2) is 82.1 Å². The SMILES string of the molecule is Cc1ccc(S(=O)(=O)N(C2CC2)C2CC(=O)N(c3ccc(-c4nc5ccccc5o4)cc3)C2=O)cc1. The summed E-state index contributed by atoms with van der Waals surface area (Å²) in [7, 11) is -3.94. The molecule has 36 heavy (non-hydrogen) atoms. The molecular formula is C27H23N3O5S. The highest BCUT2D eigenvalue weighted by molar-refractivity contribution is 7.89. The number of amides is 2. The van der Waals surface area contributed by atoms with Crippen molar-refractivity contribution >= 4 is 38.6 Å². The van der Waals surface area contributed by atoms with Gasteiger partial charge in [-0.25, -0.2) is 18.3 Å². The highest BCUT2D eigenvalue weighted by Crippen LogP contribution is 2.38. The Morgan fingerprint density at radius 3 is 2.31 bits per heavy atom. The average Bonchev–Trinajstić information content (AvgIpc) is 3.52. The van der Waals surface area contributed by atoms with E-state index in [9.17, 15) is 18.0 Å². The van der Waals surface area contributed by atoms with Crippen LogP contribution in [0, 0.1) is 6.92 Å². The molecular weight excluding hydrogens is 478 g/mol. The Kier molecular flexibility index (Phi) is 5.27. The first-order valence-electron chi connectivity index (χ1n) is 11.8. The molecule has 6 rings (SSSR count). The number of imide groups is 1. The Balaban J connectivity index is 1.29. The van der Waals surface area contributed by atoms with Gasteiger partial charge in [0.1, 0.15) is 11.6 Å². The molecule has 8 nitrogen and oxygen atoms in total. The molecule has 1 aromatic heterocycles. The first-order valence-corrected chi connectivity index (χ1v) is 13.2. The van der Waals surface area contributed by atoms with Crippen LogP contribution >= 0.6 is 0 Å². The quantitative estimate of drug-likeness (QED) is 0.366. The average molecular weight is 502 g/mol. The first-order chi connectivity index (χ1) is 17.3. The lowest BCUT2D eigenvalue weighted by molar-refractivity contribution is -0.122. The van der Waals surface area contributed by atoms with Crippen molar-refractivity contribution < 1.29 is 22.4 Å². The highest BCUT2D eigenvalue weighted by atomic mass is 32.2. The van der Waals surface area contributed by atoms with Crippen LogP contribution in [0.25, 0.3) is 22.6 Å². The van der Waals surface area contributed by atoms with E-state index in [0.717, 1.165) is 16.0 Å². The molecule has 1 aliphatic carbocycles. The summed E-state index contributed by atoms with van der Waals surface area (Å²) in [5.74, 6) is -0.523. The summed E-state index contributed by atoms with van der Waals surface area (Å²) in [6, 6.07) is 19.4. The van der Waals surface area contributed by atoms with Gasteiger partial charge in [-0.05, 0) is 68.3 Å². The summed E-state index contributed by atoms with van der Waals surface area (Å²) in [5, 5.41) is 0. The molecule has 0 N–H and O–H groups in total. The summed E-state index contributed by atoms with van der Waals surface area (Å²) in [5.41, 5.74) is 3.42. The maximum Gasteiger partial charge on any atom is 0.252 e. The van der Waals surface area contributed by atoms with E-state index in [0.29, 0.717) is 35.6 Å². The van der Waals surface area contributed by atoms with E-state index in [2.05, 4.69) is 4.98 Å². The molecule has 3 aromatic carbocycles. The minimum absolute atomic E-state index is 0.126. The standard InChI is InChI=1S/C27H23N3O5S/c1-17-6-14-21(15-7-17)36(33,34)30(20-12-13-20)23-16-25(31)29(27(23)32)19-10-8-18(9-11-19)26-28-22-4-2-3-5-24(22)35-26/h2-11,14-15,20,23H,12-13,16H2,1H3. The molecule has 4 aromatic rings. The van der Waals surface area contributed by atoms with Crippen LogP contribution in [0.1, 0.15) is 24.8 Å². The fraction of sp³-hybridized carbons (Fsp3) is 0.222. The fourth-order valence-electron chi connectivity index (χ4n) is 4.61. The molecule has 2 fully saturated rings. The lowest BCUT2D eigenvalue weighted by Crippen LogP contribution is -2.46. The van der Waals surface area contributed by atoms with Gasteiger partial charge in [0.25, 0.3) is 5.91 Å². The number of fused-ring (bicyclic) bond motifs is 1. The first kappa shape index (κ1) is 22.6. The normalized spacial score (nSPS) is 18.5. The second kappa shape index (κ2) is 8.39. The van der Waals surface area contributed by atoms with Crippen molar-refractivity contribution in [3.63, 3.8) is 0 Å². The third kappa shape index (κ3) is 3.81. The number of oxazole rings is 1. The van der Waals surface area contributed by atoms with Crippen molar-refractivity contribution in [2.45, 2.75) is 43.2 Å². The number of nitrogens with zero attached hydrogens (tertiary/aromatic N) is 3. The van der Waals surface area contributed by atoms with Crippen LogP contribution in [0.4, 0.5) is 5.69 Å². The highest BCUT2D eigenvalue weighted by Gasteiger charge is 2.51. The number of aromatic nitrogens is 1. The van der Waals surface area contributed by atoms with E-state index < -0.39 is 27.9 Å². The number of sulfonamides is 1. The summed E-state index contributed by atoms with van der Waals surface area (Å²) in [4.78, 5) is 32.1. The number of rotatable bonds is 6. The van der Waals surface area contributed by atoms with Gasteiger partial charge in [-0.15, -0.1) is 0 Å². The summed E-state index contributed by atoms with van der Waals surface area (Å²) < 4.78 is 34.1. The molecule has 1 unspecified atom stereocenters. The van der Waals surface area contributed by atoms with Crippen molar-refractivity contribution in [3.8, 4) is 11.5 Å². The van der Waals surface area contributed by atoms with Crippen LogP contribution < -0.4 is 4.90 Å². The summed E-state index contributed by atoms with van der Waals surface area (Å²) in [6.07, 6.45) is 1.15. The zero-order valence-electron chi connectivity index (χ0n) is 19.5. The molecule has 1 aliphatic heterocycles. The number of benzene rings is 3. The van der Waals surface area contributed by atoms with Gasteiger partial charge in [-0.1, -0.05) is 29.8 Å². The van der Waals surface area contributed by atoms with Gasteiger partial charge in [0.2, 0.25) is 21.8 Å². The van der Waals surface area contributed by atoms with E-state index >= 15 is 0 Å². The van der Waals surface area contributed by atoms with E-state index in [1.54, 1.807) is 48.5 Å². The minimum atomic E-state index is -3.94. The Morgan fingerprint density at radius 2 is 1.64 bits per heavy atom. The second-order valence-electron chi connectivity index (χ2n) is 9.20. The Hall–Kier alpha value is -3.82. The van der Waals surface area contributed by atoms with Crippen LogP contribution in [-0.4, -0.2) is 41.6 Å². The lowest BCUT2D eigenvalue weighted by Gasteiger charge is -2.26. The molecule has 0 radical (unpaired) electrons. The summed E-state index contributed by atoms with van der Waals surface area (Å²) in [6.45, 7) is 1.88. The van der Waals surface area contributed by atoms with Gasteiger partial charge in [-0.2, -0.15) is 4.31 Å². The van der Waals surface area contributed by atoms with Crippen molar-refractivity contribution in [2.75, 3.05) is 4.90 Å². The predicted molar refractivity (Wildman–Crippen MR) is 134 cm³/mol. The van der Waals surface area contributed by atoms with Crippen molar-refractivity contribution in [1.82, 2.24) is 9.29 Å². The maximum absolute atomic E-state index is 13.5. The smallest absolute Gasteiger partial charge is 0.252 e. The van der Waals surface area contributed by atoms with E-state index in [-0.39, 0.29) is 17.4 Å². The van der Waals surface area contributed by atoms with Crippen molar-refractivity contribution in [3.05, 3.63) is 78.4 Å². The van der Waals surface area contributed by atoms with Gasteiger partial charge in [-0.3, -0.25) is 9.59 Å². The number of para-hydroxylation sites is 2. The molecule has 2 heterocycles. The monoisotopic (exact) mass is 501 g/mol. The molecule has 2 amide bonds. The Labute approximate surface area is 208 Å². The molecule has 0 bridgehead atoms. The number of aryl methyl sites for hydroxylation is 1. The Morgan fingerprint density at radius 1 is 0.944 bits per heavy atom. The van der Waals surface area contributed by atoms with Gasteiger partial charge >= 0.3 is 0 Å². The van der Waals surface area contributed by atoms with Crippen molar-refractivity contribution in [2.24, 2.45) is 0 Å². The number of hydrogen-bond donors (Lipinski definition) is 0. The molecule has 182 valence electrons. The predicted octanol–water partition coefficient (Wildman–Crippen LogP) is 4.29. The van der Waals surface area contributed by atoms with E-state index in [1.165, 1.54) is 4.31 Å². The zero-order valence-corrected chi connectivity index (χ0v) is 20.3. The third-order valence-electron chi connectivity index (χ3n) is 6.60. The van der Waals surface area contributed by atoms with Crippen molar-refractivity contribution in [1.29, 1.82) is 0 Å². The van der Waals surface area contributed by atoms with E-state index in [1.807, 2.05) is 31.2 Å². The number of anilines is 1. The van der Waals surface area contributed by atoms with Crippen LogP contribution in [0.2, 0.25) is 0 Å². The second-order valence-corrected chi connectivity index (χ2v) is 11.0. The molecule has 0 spiro atoms. The minimum Gasteiger partial charge on any atom is -0.436 e. The van der Waals surface area contributed by atoms with E-state index in [4.69, 9.17) is 4.42 Å². The van der Waals surface area contributed by atoms with Crippen LogP contribution in [-0.2, 0) is 19.6 Å². The number of carbonyl (C=O) groups is 2. The molecule has 1 atom stereocenters. The van der Waals surface area contributed by atoms with Gasteiger partial charge < -0.3 is 4.42 Å². The molecule has 2 aliphatic rings. The van der Waals surface area contributed by atoms with Gasteiger partial charge in [0.05, 0.1) is 17.0 Å². The van der Waals surface area contributed by atoms with Gasteiger partial charge in [0, 0.05) is 11.6 Å². The molecule has 9 heteroatoms. The number of carbonyl (C=O) groups excluding carboxylic acids is 2. The number of hydrogen-bond acceptors (Lipinski definition) is 6. The molecule has 1 saturated carbocycles. The zero-order chi connectivity index (χ0) is 25.0. The Bertz CT molecular complexity index is 1560. The maximum atomic E-state index is 13.5. The third-order valence-corrected chi connectivity index (χ3v) is 8.58. The largest absolute Gasteiger partial charge is 0.436 e. The topological polar surface area (TPSA) is 101 Å². The fourth-order valence-corrected chi connectivity index (χ4v) is 6.44. The summed E-state index contributed by atoms with van der Waals surface area (Å²) >= 11 is 0. The molecule has 1 saturated heterocycles. The van der Waals surface area contributed by atoms with Crippen LogP contribution in [0.5, 0.6) is 0 Å².